The Morgan fingerprint density at radius 3 is 2.83 bits per heavy atom. The molecule has 3 rings (SSSR count). The number of nitrogens with zero attached hydrogens (tertiary/aromatic N) is 2. The summed E-state index contributed by atoms with van der Waals surface area (Å²) in [4.78, 5) is 22.9. The van der Waals surface area contributed by atoms with Gasteiger partial charge in [0.2, 0.25) is 5.95 Å². The molecule has 0 aliphatic carbocycles. The van der Waals surface area contributed by atoms with Crippen LogP contribution in [0.1, 0.15) is 10.4 Å². The van der Waals surface area contributed by atoms with Crippen molar-refractivity contribution in [3.05, 3.63) is 54.5 Å². The van der Waals surface area contributed by atoms with Gasteiger partial charge in [0.15, 0.2) is 0 Å². The minimum Gasteiger partial charge on any atom is -0.361 e. The Hall–Kier alpha value is -2.69. The van der Waals surface area contributed by atoms with Crippen molar-refractivity contribution >= 4 is 22.8 Å². The van der Waals surface area contributed by atoms with Gasteiger partial charge >= 0.3 is 0 Å². The van der Waals surface area contributed by atoms with Crippen molar-refractivity contribution in [1.29, 1.82) is 0 Å². The molecule has 88 valence electrons. The van der Waals surface area contributed by atoms with Gasteiger partial charge in [0, 0.05) is 29.7 Å². The largest absolute Gasteiger partial charge is 0.361 e. The lowest BCUT2D eigenvalue weighted by Gasteiger charge is -2.03. The van der Waals surface area contributed by atoms with Gasteiger partial charge in [0.25, 0.3) is 5.91 Å². The Kier molecular flexibility index (Phi) is 2.49. The molecule has 0 saturated carbocycles. The van der Waals surface area contributed by atoms with Gasteiger partial charge in [-0.05, 0) is 29.7 Å². The fourth-order valence-electron chi connectivity index (χ4n) is 1.73. The average molecular weight is 238 g/mol. The topological polar surface area (TPSA) is 70.7 Å². The zero-order chi connectivity index (χ0) is 12.4. The molecular weight excluding hydrogens is 228 g/mol. The number of carbonyl (C=O) groups is 1. The van der Waals surface area contributed by atoms with Crippen molar-refractivity contribution in [2.75, 3.05) is 5.32 Å². The lowest BCUT2D eigenvalue weighted by Crippen LogP contribution is -2.13. The van der Waals surface area contributed by atoms with Crippen LogP contribution in [0.15, 0.2) is 48.9 Å². The maximum absolute atomic E-state index is 12.0. The highest BCUT2D eigenvalue weighted by molar-refractivity contribution is 6.05. The van der Waals surface area contributed by atoms with Crippen LogP contribution in [-0.2, 0) is 0 Å². The number of anilines is 1. The summed E-state index contributed by atoms with van der Waals surface area (Å²) in [5.41, 5.74) is 1.49. The molecule has 0 fully saturated rings. The maximum Gasteiger partial charge on any atom is 0.258 e. The smallest absolute Gasteiger partial charge is 0.258 e. The molecule has 0 radical (unpaired) electrons. The van der Waals surface area contributed by atoms with E-state index < -0.39 is 0 Å². The minimum absolute atomic E-state index is 0.224. The molecular formula is C13H10N4O. The molecule has 0 atom stereocenters. The van der Waals surface area contributed by atoms with Crippen LogP contribution >= 0.6 is 0 Å². The summed E-state index contributed by atoms with van der Waals surface area (Å²) < 4.78 is 0. The van der Waals surface area contributed by atoms with Crippen LogP contribution in [0, 0.1) is 0 Å². The number of hydrogen-bond donors (Lipinski definition) is 2. The van der Waals surface area contributed by atoms with Crippen LogP contribution in [0.5, 0.6) is 0 Å². The number of H-pyrrole nitrogens is 1. The van der Waals surface area contributed by atoms with E-state index in [-0.39, 0.29) is 5.91 Å². The molecule has 1 aromatic carbocycles. The second-order valence-corrected chi connectivity index (χ2v) is 3.81. The molecule has 2 aromatic heterocycles. The van der Waals surface area contributed by atoms with E-state index >= 15 is 0 Å². The third-order valence-electron chi connectivity index (χ3n) is 2.61. The van der Waals surface area contributed by atoms with Crippen LogP contribution in [0.2, 0.25) is 0 Å². The van der Waals surface area contributed by atoms with Gasteiger partial charge in [-0.15, -0.1) is 0 Å². The number of fused-ring (bicyclic) bond motifs is 1. The first-order valence-corrected chi connectivity index (χ1v) is 5.48. The number of hydrogen-bond acceptors (Lipinski definition) is 3. The molecule has 5 heteroatoms. The van der Waals surface area contributed by atoms with Crippen LogP contribution in [0.3, 0.4) is 0 Å². The lowest BCUT2D eigenvalue weighted by molar-refractivity contribution is 0.102. The predicted octanol–water partition coefficient (Wildman–Crippen LogP) is 2.21. The Morgan fingerprint density at radius 1 is 1.17 bits per heavy atom. The van der Waals surface area contributed by atoms with Crippen molar-refractivity contribution in [3.8, 4) is 0 Å². The van der Waals surface area contributed by atoms with Crippen molar-refractivity contribution < 1.29 is 4.79 Å². The molecule has 3 aromatic rings. The van der Waals surface area contributed by atoms with Crippen molar-refractivity contribution in [1.82, 2.24) is 15.0 Å². The van der Waals surface area contributed by atoms with Crippen LogP contribution < -0.4 is 5.32 Å². The molecule has 1 amide bonds. The summed E-state index contributed by atoms with van der Waals surface area (Å²) in [7, 11) is 0. The van der Waals surface area contributed by atoms with Gasteiger partial charge in [-0.1, -0.05) is 6.07 Å². The lowest BCUT2D eigenvalue weighted by atomic mass is 10.1. The van der Waals surface area contributed by atoms with Crippen LogP contribution in [-0.4, -0.2) is 20.9 Å². The number of nitrogens with one attached hydrogen (secondary N) is 2. The SMILES string of the molecule is O=C(Nc1ncccn1)c1ccc2cc[nH]c2c1. The van der Waals surface area contributed by atoms with Crippen molar-refractivity contribution in [3.63, 3.8) is 0 Å². The van der Waals surface area contributed by atoms with E-state index in [9.17, 15) is 4.79 Å². The van der Waals surface area contributed by atoms with Gasteiger partial charge in [0.1, 0.15) is 0 Å². The summed E-state index contributed by atoms with van der Waals surface area (Å²) in [6, 6.07) is 9.12. The third kappa shape index (κ3) is 1.93. The Bertz CT molecular complexity index is 690. The summed E-state index contributed by atoms with van der Waals surface area (Å²) >= 11 is 0. The highest BCUT2D eigenvalue weighted by atomic mass is 16.1. The quantitative estimate of drug-likeness (QED) is 0.719. The summed E-state index contributed by atoms with van der Waals surface area (Å²) in [5, 5.41) is 3.71. The van der Waals surface area contributed by atoms with Crippen molar-refractivity contribution in [2.45, 2.75) is 0 Å². The van der Waals surface area contributed by atoms with Gasteiger partial charge < -0.3 is 4.98 Å². The number of benzene rings is 1. The van der Waals surface area contributed by atoms with Gasteiger partial charge in [-0.2, -0.15) is 0 Å². The first kappa shape index (κ1) is 10.5. The first-order chi connectivity index (χ1) is 8.83. The van der Waals surface area contributed by atoms with E-state index in [1.807, 2.05) is 18.3 Å². The molecule has 2 heterocycles. The van der Waals surface area contributed by atoms with E-state index in [1.165, 1.54) is 0 Å². The van der Waals surface area contributed by atoms with Crippen LogP contribution in [0.25, 0.3) is 10.9 Å². The predicted molar refractivity (Wildman–Crippen MR) is 68.3 cm³/mol. The Balaban J connectivity index is 1.87. The highest BCUT2D eigenvalue weighted by Crippen LogP contribution is 2.14. The molecule has 0 aliphatic heterocycles. The number of aromatic amines is 1. The Morgan fingerprint density at radius 2 is 2.00 bits per heavy atom. The normalized spacial score (nSPS) is 10.4. The number of amides is 1. The van der Waals surface area contributed by atoms with E-state index in [2.05, 4.69) is 20.3 Å². The molecule has 0 bridgehead atoms. The van der Waals surface area contributed by atoms with Gasteiger partial charge in [-0.25, -0.2) is 9.97 Å². The average Bonchev–Trinajstić information content (AvgIpc) is 2.87. The zero-order valence-corrected chi connectivity index (χ0v) is 9.42. The molecule has 0 unspecified atom stereocenters. The zero-order valence-electron chi connectivity index (χ0n) is 9.42. The van der Waals surface area contributed by atoms with E-state index in [1.54, 1.807) is 30.6 Å². The highest BCUT2D eigenvalue weighted by Gasteiger charge is 2.08. The first-order valence-electron chi connectivity index (χ1n) is 5.48. The van der Waals surface area contributed by atoms with E-state index in [0.29, 0.717) is 11.5 Å². The fourth-order valence-corrected chi connectivity index (χ4v) is 1.73. The van der Waals surface area contributed by atoms with Crippen LogP contribution in [0.4, 0.5) is 5.95 Å². The van der Waals surface area contributed by atoms with Crippen molar-refractivity contribution in [2.24, 2.45) is 0 Å². The minimum atomic E-state index is -0.224. The van der Waals surface area contributed by atoms with Gasteiger partial charge in [-0.3, -0.25) is 10.1 Å². The van der Waals surface area contributed by atoms with E-state index in [4.69, 9.17) is 0 Å². The summed E-state index contributed by atoms with van der Waals surface area (Å²) in [6.07, 6.45) is 5.00. The van der Waals surface area contributed by atoms with E-state index in [0.717, 1.165) is 10.9 Å². The summed E-state index contributed by atoms with van der Waals surface area (Å²) in [6.45, 7) is 0. The molecule has 0 aliphatic rings. The molecule has 2 N–H and O–H groups in total. The number of carbonyl (C=O) groups excluding carboxylic acids is 1. The molecule has 0 spiro atoms. The third-order valence-corrected chi connectivity index (χ3v) is 2.61. The standard InChI is InChI=1S/C13H10N4O/c18-12(17-13-15-5-1-6-16-13)10-3-2-9-4-7-14-11(9)8-10/h1-8,14H,(H,15,16,17,18). The second-order valence-electron chi connectivity index (χ2n) is 3.81. The monoisotopic (exact) mass is 238 g/mol. The molecule has 18 heavy (non-hydrogen) atoms. The molecule has 5 nitrogen and oxygen atoms in total. The second kappa shape index (κ2) is 4.29. The Labute approximate surface area is 103 Å². The number of aromatic nitrogens is 3. The number of rotatable bonds is 2. The van der Waals surface area contributed by atoms with Gasteiger partial charge in [0.05, 0.1) is 0 Å². The summed E-state index contributed by atoms with van der Waals surface area (Å²) in [5.74, 6) is 0.0757. The molecule has 0 saturated heterocycles. The maximum atomic E-state index is 12.0. The fraction of sp³-hybridized carbons (Fsp3) is 0.